The molecule has 0 amide bonds. The number of nitrogens with one attached hydrogen (secondary N) is 2. The highest BCUT2D eigenvalue weighted by molar-refractivity contribution is 14.0. The predicted molar refractivity (Wildman–Crippen MR) is 129 cm³/mol. The minimum absolute atomic E-state index is 0. The SMILES string of the molecule is CCN=C(NC1CCN(CCOC(C)C)CC1)NC1CC1C1CCCCC1.I. The largest absolute Gasteiger partial charge is 0.377 e. The van der Waals surface area contributed by atoms with Gasteiger partial charge in [0.1, 0.15) is 0 Å². The van der Waals surface area contributed by atoms with Gasteiger partial charge < -0.3 is 20.3 Å². The summed E-state index contributed by atoms with van der Waals surface area (Å²) in [6, 6.07) is 1.22. The Hall–Kier alpha value is -0.0800. The van der Waals surface area contributed by atoms with Crippen molar-refractivity contribution in [3.63, 3.8) is 0 Å². The van der Waals surface area contributed by atoms with E-state index in [0.29, 0.717) is 18.2 Å². The van der Waals surface area contributed by atoms with Crippen LogP contribution < -0.4 is 10.6 Å². The van der Waals surface area contributed by atoms with Crippen LogP contribution >= 0.6 is 24.0 Å². The molecule has 2 unspecified atom stereocenters. The highest BCUT2D eigenvalue weighted by Gasteiger charge is 2.43. The van der Waals surface area contributed by atoms with Crippen molar-refractivity contribution in [1.29, 1.82) is 0 Å². The van der Waals surface area contributed by atoms with E-state index in [-0.39, 0.29) is 24.0 Å². The molecule has 1 aliphatic heterocycles. The van der Waals surface area contributed by atoms with Gasteiger partial charge in [-0.05, 0) is 51.9 Å². The van der Waals surface area contributed by atoms with Crippen LogP contribution in [0.3, 0.4) is 0 Å². The maximum absolute atomic E-state index is 5.69. The third-order valence-corrected chi connectivity index (χ3v) is 6.52. The highest BCUT2D eigenvalue weighted by atomic mass is 127. The van der Waals surface area contributed by atoms with E-state index in [1.807, 2.05) is 0 Å². The lowest BCUT2D eigenvalue weighted by molar-refractivity contribution is 0.0532. The predicted octanol–water partition coefficient (Wildman–Crippen LogP) is 4.02. The molecule has 3 rings (SSSR count). The summed E-state index contributed by atoms with van der Waals surface area (Å²) < 4.78 is 5.69. The van der Waals surface area contributed by atoms with E-state index >= 15 is 0 Å². The Labute approximate surface area is 189 Å². The molecule has 0 aromatic heterocycles. The van der Waals surface area contributed by atoms with Crippen molar-refractivity contribution in [2.75, 3.05) is 32.8 Å². The van der Waals surface area contributed by atoms with Crippen molar-refractivity contribution in [1.82, 2.24) is 15.5 Å². The lowest BCUT2D eigenvalue weighted by Crippen LogP contribution is -2.50. The monoisotopic (exact) mass is 506 g/mol. The second-order valence-corrected chi connectivity index (χ2v) is 9.05. The minimum Gasteiger partial charge on any atom is -0.377 e. The summed E-state index contributed by atoms with van der Waals surface area (Å²) in [5.41, 5.74) is 0. The van der Waals surface area contributed by atoms with Crippen molar-refractivity contribution in [3.05, 3.63) is 0 Å². The Morgan fingerprint density at radius 2 is 1.79 bits per heavy atom. The van der Waals surface area contributed by atoms with Gasteiger partial charge in [-0.25, -0.2) is 0 Å². The minimum atomic E-state index is 0. The first-order valence-corrected chi connectivity index (χ1v) is 11.6. The molecule has 0 spiro atoms. The van der Waals surface area contributed by atoms with Crippen LogP contribution in [0.4, 0.5) is 0 Å². The fraction of sp³-hybridized carbons (Fsp3) is 0.955. The number of aliphatic imine (C=N–C) groups is 1. The van der Waals surface area contributed by atoms with Crippen molar-refractivity contribution in [2.24, 2.45) is 16.8 Å². The Morgan fingerprint density at radius 1 is 1.07 bits per heavy atom. The lowest BCUT2D eigenvalue weighted by atomic mass is 9.85. The summed E-state index contributed by atoms with van der Waals surface area (Å²) in [5, 5.41) is 7.48. The molecule has 1 saturated heterocycles. The highest BCUT2D eigenvalue weighted by Crippen LogP contribution is 2.44. The van der Waals surface area contributed by atoms with E-state index < -0.39 is 0 Å². The fourth-order valence-corrected chi connectivity index (χ4v) is 4.84. The van der Waals surface area contributed by atoms with Crippen LogP contribution in [0.25, 0.3) is 0 Å². The van der Waals surface area contributed by atoms with E-state index in [9.17, 15) is 0 Å². The molecule has 0 bridgehead atoms. The molecule has 164 valence electrons. The van der Waals surface area contributed by atoms with Crippen LogP contribution in [0, 0.1) is 11.8 Å². The van der Waals surface area contributed by atoms with E-state index in [0.717, 1.165) is 50.6 Å². The third-order valence-electron chi connectivity index (χ3n) is 6.52. The summed E-state index contributed by atoms with van der Waals surface area (Å²) in [5.74, 6) is 2.93. The molecule has 2 saturated carbocycles. The molecule has 28 heavy (non-hydrogen) atoms. The average molecular weight is 507 g/mol. The molecule has 0 radical (unpaired) electrons. The molecule has 2 atom stereocenters. The van der Waals surface area contributed by atoms with Gasteiger partial charge in [-0.3, -0.25) is 4.99 Å². The maximum Gasteiger partial charge on any atom is 0.191 e. The first-order chi connectivity index (χ1) is 13.2. The summed E-state index contributed by atoms with van der Waals surface area (Å²) >= 11 is 0. The van der Waals surface area contributed by atoms with Gasteiger partial charge in [0.25, 0.3) is 0 Å². The van der Waals surface area contributed by atoms with Gasteiger partial charge in [0, 0.05) is 38.3 Å². The summed E-state index contributed by atoms with van der Waals surface area (Å²) in [4.78, 5) is 7.26. The van der Waals surface area contributed by atoms with Gasteiger partial charge in [0.15, 0.2) is 5.96 Å². The van der Waals surface area contributed by atoms with Gasteiger partial charge >= 0.3 is 0 Å². The number of hydrogen-bond donors (Lipinski definition) is 2. The van der Waals surface area contributed by atoms with Crippen LogP contribution in [-0.2, 0) is 4.74 Å². The van der Waals surface area contributed by atoms with Gasteiger partial charge in [0.2, 0.25) is 0 Å². The molecule has 6 heteroatoms. The Balaban J connectivity index is 0.00000280. The Morgan fingerprint density at radius 3 is 2.43 bits per heavy atom. The van der Waals surface area contributed by atoms with Gasteiger partial charge in [-0.1, -0.05) is 32.1 Å². The molecular weight excluding hydrogens is 463 g/mol. The first kappa shape index (κ1) is 24.2. The molecular formula is C22H43IN4O. The first-order valence-electron chi connectivity index (χ1n) is 11.6. The number of rotatable bonds is 8. The number of likely N-dealkylation sites (tertiary alicyclic amines) is 1. The van der Waals surface area contributed by atoms with Crippen LogP contribution in [0.15, 0.2) is 4.99 Å². The number of halogens is 1. The molecule has 2 aliphatic carbocycles. The lowest BCUT2D eigenvalue weighted by Gasteiger charge is -2.33. The average Bonchev–Trinajstić information content (AvgIpc) is 3.43. The van der Waals surface area contributed by atoms with Crippen LogP contribution in [-0.4, -0.2) is 61.8 Å². The molecule has 5 nitrogen and oxygen atoms in total. The molecule has 3 aliphatic rings. The second-order valence-electron chi connectivity index (χ2n) is 9.05. The van der Waals surface area contributed by atoms with Gasteiger partial charge in [-0.2, -0.15) is 0 Å². The summed E-state index contributed by atoms with van der Waals surface area (Å²) in [6.45, 7) is 11.4. The Kier molecular flexibility index (Phi) is 10.9. The quantitative estimate of drug-likeness (QED) is 0.297. The third kappa shape index (κ3) is 7.98. The molecule has 1 heterocycles. The standard InChI is InChI=1S/C22H42N4O.HI/c1-4-23-22(25-21-16-20(21)18-8-6-5-7-9-18)24-19-10-12-26(13-11-19)14-15-27-17(2)3;/h17-21H,4-16H2,1-3H3,(H2,23,24,25);1H. The normalized spacial score (nSPS) is 27.5. The Bertz CT molecular complexity index is 459. The number of ether oxygens (including phenoxy) is 1. The molecule has 0 aromatic carbocycles. The van der Waals surface area contributed by atoms with Crippen molar-refractivity contribution in [2.45, 2.75) is 90.3 Å². The van der Waals surface area contributed by atoms with E-state index in [1.54, 1.807) is 0 Å². The van der Waals surface area contributed by atoms with Crippen molar-refractivity contribution >= 4 is 29.9 Å². The van der Waals surface area contributed by atoms with Crippen LogP contribution in [0.2, 0.25) is 0 Å². The second kappa shape index (κ2) is 12.6. The van der Waals surface area contributed by atoms with Crippen LogP contribution in [0.5, 0.6) is 0 Å². The smallest absolute Gasteiger partial charge is 0.191 e. The zero-order chi connectivity index (χ0) is 19.1. The number of hydrogen-bond acceptors (Lipinski definition) is 3. The fourth-order valence-electron chi connectivity index (χ4n) is 4.84. The molecule has 0 aromatic rings. The number of guanidine groups is 1. The van der Waals surface area contributed by atoms with E-state index in [1.165, 1.54) is 51.4 Å². The van der Waals surface area contributed by atoms with E-state index in [2.05, 4.69) is 36.3 Å². The topological polar surface area (TPSA) is 48.9 Å². The summed E-state index contributed by atoms with van der Waals surface area (Å²) in [7, 11) is 0. The number of nitrogens with zero attached hydrogens (tertiary/aromatic N) is 2. The molecule has 3 fully saturated rings. The zero-order valence-corrected chi connectivity index (χ0v) is 20.6. The van der Waals surface area contributed by atoms with Crippen molar-refractivity contribution < 1.29 is 4.74 Å². The van der Waals surface area contributed by atoms with E-state index in [4.69, 9.17) is 9.73 Å². The van der Waals surface area contributed by atoms with Crippen molar-refractivity contribution in [3.8, 4) is 0 Å². The zero-order valence-electron chi connectivity index (χ0n) is 18.3. The van der Waals surface area contributed by atoms with Crippen LogP contribution in [0.1, 0.15) is 72.1 Å². The maximum atomic E-state index is 5.69. The van der Waals surface area contributed by atoms with Gasteiger partial charge in [0.05, 0.1) is 12.7 Å². The summed E-state index contributed by atoms with van der Waals surface area (Å²) in [6.07, 6.45) is 11.3. The number of piperidine rings is 1. The van der Waals surface area contributed by atoms with Gasteiger partial charge in [-0.15, -0.1) is 24.0 Å². The molecule has 2 N–H and O–H groups in total.